The molecule has 5 nitrogen and oxygen atoms in total. The molecule has 3 heterocycles. The molecule has 0 spiro atoms. The number of benzene rings is 10. The molecular formula is C60H44N4O. The van der Waals surface area contributed by atoms with Crippen molar-refractivity contribution >= 4 is 98.5 Å². The quantitative estimate of drug-likeness (QED) is 0.162. The molecule has 0 saturated carbocycles. The smallest absolute Gasteiger partial charge is 0.146 e. The van der Waals surface area contributed by atoms with Crippen LogP contribution in [-0.2, 0) is 5.41 Å². The largest absolute Gasteiger partial charge is 0.457 e. The van der Waals surface area contributed by atoms with Crippen LogP contribution in [0, 0.1) is 0 Å². The molecule has 0 N–H and O–H groups in total. The van der Waals surface area contributed by atoms with Gasteiger partial charge in [-0.05, 0) is 110 Å². The molecule has 10 aromatic carbocycles. The minimum absolute atomic E-state index is 0.0951. The van der Waals surface area contributed by atoms with Crippen LogP contribution in [0.15, 0.2) is 200 Å². The first-order chi connectivity index (χ1) is 31.9. The van der Waals surface area contributed by atoms with E-state index in [1.165, 1.54) is 71.1 Å². The van der Waals surface area contributed by atoms with Gasteiger partial charge in [-0.3, -0.25) is 4.57 Å². The van der Waals surface area contributed by atoms with Crippen molar-refractivity contribution in [3.05, 3.63) is 206 Å². The van der Waals surface area contributed by atoms with Crippen LogP contribution in [0.4, 0.5) is 22.7 Å². The Balaban J connectivity index is 0.948. The molecule has 12 aromatic rings. The van der Waals surface area contributed by atoms with Gasteiger partial charge in [0.1, 0.15) is 24.0 Å². The van der Waals surface area contributed by atoms with E-state index >= 15 is 0 Å². The van der Waals surface area contributed by atoms with E-state index in [-0.39, 0.29) is 5.41 Å². The Kier molecular flexibility index (Phi) is 8.16. The van der Waals surface area contributed by atoms with Crippen molar-refractivity contribution in [1.29, 1.82) is 0 Å². The molecule has 0 fully saturated rings. The Morgan fingerprint density at radius 1 is 0.431 bits per heavy atom. The van der Waals surface area contributed by atoms with Gasteiger partial charge in [0.15, 0.2) is 0 Å². The molecule has 2 aromatic heterocycles. The fourth-order valence-electron chi connectivity index (χ4n) is 10.4. The average molecular weight is 837 g/mol. The number of nitrogens with zero attached hydrogens (tertiary/aromatic N) is 4. The number of anilines is 4. The van der Waals surface area contributed by atoms with Crippen LogP contribution in [0.2, 0.25) is 0 Å². The molecule has 0 saturated heterocycles. The summed E-state index contributed by atoms with van der Waals surface area (Å²) in [7, 11) is 0. The molecular weight excluding hydrogens is 793 g/mol. The summed E-state index contributed by atoms with van der Waals surface area (Å²) in [4.78, 5) is 10.4. The van der Waals surface area contributed by atoms with Crippen LogP contribution in [0.25, 0.3) is 81.6 Å². The maximum Gasteiger partial charge on any atom is 0.146 e. The highest BCUT2D eigenvalue weighted by molar-refractivity contribution is 6.32. The van der Waals surface area contributed by atoms with Crippen molar-refractivity contribution < 1.29 is 4.74 Å². The Labute approximate surface area is 377 Å². The maximum atomic E-state index is 6.85. The summed E-state index contributed by atoms with van der Waals surface area (Å²) in [5.74, 6) is 2.43. The summed E-state index contributed by atoms with van der Waals surface area (Å²) in [6, 6.07) is 72.2. The highest BCUT2D eigenvalue weighted by Gasteiger charge is 2.29. The maximum absolute atomic E-state index is 6.85. The van der Waals surface area contributed by atoms with Gasteiger partial charge in [0.2, 0.25) is 0 Å². The summed E-state index contributed by atoms with van der Waals surface area (Å²) in [6.45, 7) is 7.47. The highest BCUT2D eigenvalue weighted by atomic mass is 16.5. The third-order valence-corrected chi connectivity index (χ3v) is 13.5. The van der Waals surface area contributed by atoms with E-state index < -0.39 is 0 Å². The first-order valence-electron chi connectivity index (χ1n) is 22.5. The fraction of sp³-hybridized carbons (Fsp3) is 0.0833. The van der Waals surface area contributed by atoms with Gasteiger partial charge in [-0.25, -0.2) is 4.98 Å². The van der Waals surface area contributed by atoms with E-state index in [2.05, 4.69) is 229 Å². The zero-order valence-electron chi connectivity index (χ0n) is 36.5. The molecule has 0 aliphatic carbocycles. The molecule has 13 rings (SSSR count). The minimum Gasteiger partial charge on any atom is -0.457 e. The lowest BCUT2D eigenvalue weighted by Crippen LogP contribution is -2.24. The lowest BCUT2D eigenvalue weighted by atomic mass is 9.87. The van der Waals surface area contributed by atoms with E-state index in [9.17, 15) is 0 Å². The van der Waals surface area contributed by atoms with Gasteiger partial charge in [0.25, 0.3) is 0 Å². The van der Waals surface area contributed by atoms with Crippen LogP contribution < -0.4 is 14.5 Å². The van der Waals surface area contributed by atoms with Gasteiger partial charge < -0.3 is 14.5 Å². The zero-order valence-corrected chi connectivity index (χ0v) is 36.5. The van der Waals surface area contributed by atoms with Crippen LogP contribution >= 0.6 is 0 Å². The van der Waals surface area contributed by atoms with Gasteiger partial charge in [-0.15, -0.1) is 0 Å². The summed E-state index contributed by atoms with van der Waals surface area (Å²) >= 11 is 0. The zero-order chi connectivity index (χ0) is 43.4. The average Bonchev–Trinajstić information content (AvgIpc) is 3.89. The molecule has 5 heteroatoms. The van der Waals surface area contributed by atoms with Crippen LogP contribution in [0.3, 0.4) is 0 Å². The van der Waals surface area contributed by atoms with Gasteiger partial charge in [-0.1, -0.05) is 142 Å². The van der Waals surface area contributed by atoms with E-state index in [1.807, 2.05) is 6.07 Å². The molecule has 0 radical (unpaired) electrons. The lowest BCUT2D eigenvalue weighted by Gasteiger charge is -2.24. The molecule has 0 bridgehead atoms. The van der Waals surface area contributed by atoms with Crippen LogP contribution in [0.5, 0.6) is 11.5 Å². The van der Waals surface area contributed by atoms with Gasteiger partial charge in [0.05, 0.1) is 27.9 Å². The third-order valence-electron chi connectivity index (χ3n) is 13.5. The Bertz CT molecular complexity index is 3900. The summed E-state index contributed by atoms with van der Waals surface area (Å²) in [5, 5.41) is 13.1. The predicted molar refractivity (Wildman–Crippen MR) is 273 cm³/mol. The molecule has 310 valence electrons. The standard InChI is InChI=1S/C60H44N4O/c1-60(2,3)41-27-29-42(30-28-41)62-37-63(54-22-11-10-21-53(54)62)43-15-12-16-44(35-43)65-45-31-33-49-48-19-8-9-20-52(48)64(55(49)36-45)59-50-32-25-39-14-5-7-18-47(39)57(50)58-51(61-59)34-26-40-24-23-38-13-4-6-17-46(38)56(40)58/h4-36H,37H2,1-3H3. The predicted octanol–water partition coefficient (Wildman–Crippen LogP) is 16.3. The van der Waals surface area contributed by atoms with Crippen molar-refractivity contribution in [1.82, 2.24) is 9.55 Å². The number of para-hydroxylation sites is 3. The monoisotopic (exact) mass is 836 g/mol. The molecule has 1 aliphatic rings. The van der Waals surface area contributed by atoms with Crippen molar-refractivity contribution in [2.75, 3.05) is 16.5 Å². The fourth-order valence-corrected chi connectivity index (χ4v) is 10.4. The lowest BCUT2D eigenvalue weighted by molar-refractivity contribution is 0.483. The number of hydrogen-bond acceptors (Lipinski definition) is 4. The summed E-state index contributed by atoms with van der Waals surface area (Å²) in [6.07, 6.45) is 0. The van der Waals surface area contributed by atoms with Crippen molar-refractivity contribution in [2.45, 2.75) is 26.2 Å². The third kappa shape index (κ3) is 5.89. The molecule has 1 aliphatic heterocycles. The second kappa shape index (κ2) is 14.2. The van der Waals surface area contributed by atoms with E-state index in [0.29, 0.717) is 6.67 Å². The normalized spacial score (nSPS) is 13.0. The number of aromatic nitrogens is 2. The van der Waals surface area contributed by atoms with Crippen molar-refractivity contribution in [2.24, 2.45) is 0 Å². The van der Waals surface area contributed by atoms with Crippen LogP contribution in [0.1, 0.15) is 26.3 Å². The Hall–Kier alpha value is -8.15. The number of pyridine rings is 1. The van der Waals surface area contributed by atoms with Gasteiger partial charge in [-0.2, -0.15) is 0 Å². The van der Waals surface area contributed by atoms with Gasteiger partial charge in [0, 0.05) is 50.4 Å². The second-order valence-corrected chi connectivity index (χ2v) is 18.4. The van der Waals surface area contributed by atoms with Crippen LogP contribution in [-0.4, -0.2) is 16.2 Å². The first kappa shape index (κ1) is 37.4. The number of ether oxygens (including phenoxy) is 1. The topological polar surface area (TPSA) is 33.5 Å². The second-order valence-electron chi connectivity index (χ2n) is 18.4. The highest BCUT2D eigenvalue weighted by Crippen LogP contribution is 2.46. The summed E-state index contributed by atoms with van der Waals surface area (Å²) in [5.41, 5.74) is 9.11. The Morgan fingerprint density at radius 3 is 1.80 bits per heavy atom. The Morgan fingerprint density at radius 2 is 1.03 bits per heavy atom. The number of fused-ring (bicyclic) bond motifs is 13. The minimum atomic E-state index is 0.0951. The van der Waals surface area contributed by atoms with Crippen molar-refractivity contribution in [3.63, 3.8) is 0 Å². The number of rotatable bonds is 5. The number of hydrogen-bond donors (Lipinski definition) is 0. The molecule has 65 heavy (non-hydrogen) atoms. The van der Waals surface area contributed by atoms with E-state index in [1.54, 1.807) is 0 Å². The SMILES string of the molecule is CC(C)(C)c1ccc(N2CN(c3cccc(Oc4ccc5c6ccccc6n(-c6nc7ccc8ccc9ccccc9c8c7c7c6ccc6ccccc67)c5c4)c3)c3ccccc32)cc1. The molecule has 0 amide bonds. The summed E-state index contributed by atoms with van der Waals surface area (Å²) < 4.78 is 9.20. The first-order valence-corrected chi connectivity index (χ1v) is 22.5. The molecule has 0 atom stereocenters. The van der Waals surface area contributed by atoms with Gasteiger partial charge >= 0.3 is 0 Å². The van der Waals surface area contributed by atoms with Crippen molar-refractivity contribution in [3.8, 4) is 17.3 Å². The van der Waals surface area contributed by atoms with E-state index in [4.69, 9.17) is 9.72 Å². The van der Waals surface area contributed by atoms with E-state index in [0.717, 1.165) is 50.3 Å². The molecule has 0 unspecified atom stereocenters.